The third-order valence-corrected chi connectivity index (χ3v) is 4.12. The summed E-state index contributed by atoms with van der Waals surface area (Å²) in [5, 5.41) is 26.2. The lowest BCUT2D eigenvalue weighted by molar-refractivity contribution is -0.116. The molecule has 1 fully saturated rings. The summed E-state index contributed by atoms with van der Waals surface area (Å²) in [4.78, 5) is 14.2. The number of piperidine rings is 1. The maximum atomic E-state index is 12.0. The molecule has 3 rings (SSSR count). The van der Waals surface area contributed by atoms with E-state index in [2.05, 4.69) is 30.8 Å². The predicted octanol–water partition coefficient (Wildman–Crippen LogP) is 1.11. The number of benzene rings is 1. The molecule has 1 aliphatic rings. The van der Waals surface area contributed by atoms with Crippen LogP contribution in [0.25, 0.3) is 0 Å². The SMILES string of the molecule is O=C(CCN1CCC(c2nn[nH]n2)CC1)Nc1ccc(O)cc1. The molecule has 8 heteroatoms. The summed E-state index contributed by atoms with van der Waals surface area (Å²) in [6.07, 6.45) is 2.42. The third-order valence-electron chi connectivity index (χ3n) is 4.12. The number of nitrogens with zero attached hydrogens (tertiary/aromatic N) is 4. The van der Waals surface area contributed by atoms with Crippen molar-refractivity contribution in [1.82, 2.24) is 25.5 Å². The van der Waals surface area contributed by atoms with Crippen molar-refractivity contribution in [3.63, 3.8) is 0 Å². The molecule has 2 aromatic rings. The molecule has 0 atom stereocenters. The van der Waals surface area contributed by atoms with Gasteiger partial charge in [0.1, 0.15) is 5.75 Å². The minimum absolute atomic E-state index is 0.0176. The summed E-state index contributed by atoms with van der Waals surface area (Å²) in [5.41, 5.74) is 0.698. The molecule has 8 nitrogen and oxygen atoms in total. The Morgan fingerprint density at radius 1 is 1.30 bits per heavy atom. The molecule has 0 spiro atoms. The van der Waals surface area contributed by atoms with E-state index in [1.165, 1.54) is 0 Å². The normalized spacial score (nSPS) is 16.3. The molecule has 23 heavy (non-hydrogen) atoms. The second kappa shape index (κ2) is 7.19. The highest BCUT2D eigenvalue weighted by molar-refractivity contribution is 5.90. The molecule has 2 heterocycles. The Labute approximate surface area is 133 Å². The van der Waals surface area contributed by atoms with E-state index in [0.29, 0.717) is 18.0 Å². The van der Waals surface area contributed by atoms with Crippen molar-refractivity contribution >= 4 is 11.6 Å². The van der Waals surface area contributed by atoms with Crippen molar-refractivity contribution < 1.29 is 9.90 Å². The van der Waals surface area contributed by atoms with Crippen LogP contribution < -0.4 is 5.32 Å². The van der Waals surface area contributed by atoms with Gasteiger partial charge in [0.2, 0.25) is 5.91 Å². The number of nitrogens with one attached hydrogen (secondary N) is 2. The number of hydrogen-bond donors (Lipinski definition) is 3. The minimum Gasteiger partial charge on any atom is -0.508 e. The quantitative estimate of drug-likeness (QED) is 0.713. The molecule has 1 aromatic carbocycles. The molecule has 0 saturated carbocycles. The van der Waals surface area contributed by atoms with E-state index in [4.69, 9.17) is 0 Å². The van der Waals surface area contributed by atoms with Gasteiger partial charge in [0, 0.05) is 24.6 Å². The van der Waals surface area contributed by atoms with Gasteiger partial charge in [-0.3, -0.25) is 4.79 Å². The Morgan fingerprint density at radius 3 is 2.70 bits per heavy atom. The topological polar surface area (TPSA) is 107 Å². The van der Waals surface area contributed by atoms with Crippen molar-refractivity contribution in [2.45, 2.75) is 25.2 Å². The lowest BCUT2D eigenvalue weighted by Crippen LogP contribution is -2.35. The standard InChI is InChI=1S/C15H20N6O2/c22-13-3-1-12(2-4-13)16-14(23)7-10-21-8-5-11(6-9-21)15-17-19-20-18-15/h1-4,11,22H,5-10H2,(H,16,23)(H,17,18,19,20). The number of phenols is 1. The van der Waals surface area contributed by atoms with Gasteiger partial charge in [-0.15, -0.1) is 10.2 Å². The van der Waals surface area contributed by atoms with Crippen LogP contribution in [0.2, 0.25) is 0 Å². The first-order valence-electron chi connectivity index (χ1n) is 7.75. The number of anilines is 1. The largest absolute Gasteiger partial charge is 0.508 e. The number of carbonyl (C=O) groups is 1. The molecule has 0 unspecified atom stereocenters. The maximum absolute atomic E-state index is 12.0. The highest BCUT2D eigenvalue weighted by Gasteiger charge is 2.23. The van der Waals surface area contributed by atoms with E-state index in [-0.39, 0.29) is 11.7 Å². The summed E-state index contributed by atoms with van der Waals surface area (Å²) < 4.78 is 0. The first kappa shape index (κ1) is 15.4. The van der Waals surface area contributed by atoms with Crippen LogP contribution in [0.1, 0.15) is 31.0 Å². The number of hydrogen-bond acceptors (Lipinski definition) is 6. The van der Waals surface area contributed by atoms with Crippen LogP contribution >= 0.6 is 0 Å². The summed E-state index contributed by atoms with van der Waals surface area (Å²) in [7, 11) is 0. The number of phenolic OH excluding ortho intramolecular Hbond substituents is 1. The Kier molecular flexibility index (Phi) is 4.82. The molecule has 0 bridgehead atoms. The molecule has 1 aromatic heterocycles. The van der Waals surface area contributed by atoms with Gasteiger partial charge in [-0.1, -0.05) is 5.21 Å². The summed E-state index contributed by atoms with van der Waals surface area (Å²) in [6, 6.07) is 6.48. The van der Waals surface area contributed by atoms with Gasteiger partial charge >= 0.3 is 0 Å². The van der Waals surface area contributed by atoms with Gasteiger partial charge in [-0.25, -0.2) is 0 Å². The fraction of sp³-hybridized carbons (Fsp3) is 0.467. The Bertz CT molecular complexity index is 620. The summed E-state index contributed by atoms with van der Waals surface area (Å²) in [5.74, 6) is 1.31. The molecule has 3 N–H and O–H groups in total. The van der Waals surface area contributed by atoms with Crippen molar-refractivity contribution in [2.24, 2.45) is 0 Å². The van der Waals surface area contributed by atoms with Gasteiger partial charge in [0.25, 0.3) is 0 Å². The van der Waals surface area contributed by atoms with Crippen LogP contribution in [0.4, 0.5) is 5.69 Å². The molecule has 0 aliphatic carbocycles. The van der Waals surface area contributed by atoms with Crippen molar-refractivity contribution in [2.75, 3.05) is 25.0 Å². The monoisotopic (exact) mass is 316 g/mol. The van der Waals surface area contributed by atoms with Crippen molar-refractivity contribution in [3.05, 3.63) is 30.1 Å². The number of aromatic hydroxyl groups is 1. The van der Waals surface area contributed by atoms with E-state index < -0.39 is 0 Å². The zero-order chi connectivity index (χ0) is 16.1. The number of aromatic amines is 1. The minimum atomic E-state index is -0.0176. The number of tetrazole rings is 1. The van der Waals surface area contributed by atoms with Gasteiger partial charge in [0.15, 0.2) is 5.82 Å². The highest BCUT2D eigenvalue weighted by Crippen LogP contribution is 2.24. The zero-order valence-electron chi connectivity index (χ0n) is 12.8. The fourth-order valence-electron chi connectivity index (χ4n) is 2.79. The Hall–Kier alpha value is -2.48. The molecule has 1 aliphatic heterocycles. The molecule has 1 saturated heterocycles. The zero-order valence-corrected chi connectivity index (χ0v) is 12.8. The Morgan fingerprint density at radius 2 is 2.04 bits per heavy atom. The average molecular weight is 316 g/mol. The summed E-state index contributed by atoms with van der Waals surface area (Å²) in [6.45, 7) is 2.61. The fourth-order valence-corrected chi connectivity index (χ4v) is 2.79. The molecule has 0 radical (unpaired) electrons. The number of H-pyrrole nitrogens is 1. The van der Waals surface area contributed by atoms with E-state index in [1.807, 2.05) is 0 Å². The van der Waals surface area contributed by atoms with Crippen LogP contribution in [0.15, 0.2) is 24.3 Å². The molecule has 122 valence electrons. The van der Waals surface area contributed by atoms with E-state index in [0.717, 1.165) is 38.3 Å². The first-order chi connectivity index (χ1) is 11.2. The first-order valence-corrected chi connectivity index (χ1v) is 7.75. The Balaban J connectivity index is 1.39. The van der Waals surface area contributed by atoms with Crippen molar-refractivity contribution in [3.8, 4) is 5.75 Å². The van der Waals surface area contributed by atoms with Gasteiger partial charge in [-0.05, 0) is 50.2 Å². The number of likely N-dealkylation sites (tertiary alicyclic amines) is 1. The van der Waals surface area contributed by atoms with Gasteiger partial charge in [0.05, 0.1) is 0 Å². The van der Waals surface area contributed by atoms with E-state index >= 15 is 0 Å². The molecule has 1 amide bonds. The summed E-state index contributed by atoms with van der Waals surface area (Å²) >= 11 is 0. The second-order valence-electron chi connectivity index (χ2n) is 5.73. The van der Waals surface area contributed by atoms with E-state index in [9.17, 15) is 9.90 Å². The lowest BCUT2D eigenvalue weighted by atomic mass is 9.96. The second-order valence-corrected chi connectivity index (χ2v) is 5.73. The number of aromatic nitrogens is 4. The van der Waals surface area contributed by atoms with Crippen LogP contribution in [-0.4, -0.2) is 56.2 Å². The number of carbonyl (C=O) groups excluding carboxylic acids is 1. The lowest BCUT2D eigenvalue weighted by Gasteiger charge is -2.30. The van der Waals surface area contributed by atoms with Crippen molar-refractivity contribution in [1.29, 1.82) is 0 Å². The molecular weight excluding hydrogens is 296 g/mol. The average Bonchev–Trinajstić information content (AvgIpc) is 3.10. The van der Waals surface area contributed by atoms with Crippen LogP contribution in [0.5, 0.6) is 5.75 Å². The van der Waals surface area contributed by atoms with E-state index in [1.54, 1.807) is 24.3 Å². The van der Waals surface area contributed by atoms with Crippen LogP contribution in [-0.2, 0) is 4.79 Å². The van der Waals surface area contributed by atoms with Crippen LogP contribution in [0, 0.1) is 0 Å². The highest BCUT2D eigenvalue weighted by atomic mass is 16.3. The smallest absolute Gasteiger partial charge is 0.225 e. The van der Waals surface area contributed by atoms with Gasteiger partial charge < -0.3 is 15.3 Å². The number of amides is 1. The van der Waals surface area contributed by atoms with Gasteiger partial charge in [-0.2, -0.15) is 5.21 Å². The number of rotatable bonds is 5. The molecular formula is C15H20N6O2. The third kappa shape index (κ3) is 4.26. The van der Waals surface area contributed by atoms with Crippen LogP contribution in [0.3, 0.4) is 0 Å². The predicted molar refractivity (Wildman–Crippen MR) is 83.9 cm³/mol. The maximum Gasteiger partial charge on any atom is 0.225 e.